The lowest BCUT2D eigenvalue weighted by molar-refractivity contribution is -0.139. The highest BCUT2D eigenvalue weighted by Gasteiger charge is 2.45. The average molecular weight is 518 g/mol. The van der Waals surface area contributed by atoms with Gasteiger partial charge in [0.1, 0.15) is 30.2 Å². The highest BCUT2D eigenvalue weighted by atomic mass is 31.2. The maximum atomic E-state index is 13.1. The largest absolute Gasteiger partial charge is 0.481 e. The number of aliphatic hydroxyl groups excluding tert-OH is 2. The molecule has 3 rings (SSSR count). The minimum absolute atomic E-state index is 0.106. The number of carboxylic acid groups (broad SMARTS) is 1. The molecule has 10 N–H and O–H groups in total. The number of carboxylic acids is 1. The van der Waals surface area contributed by atoms with Crippen molar-refractivity contribution in [3.8, 4) is 0 Å². The van der Waals surface area contributed by atoms with Crippen molar-refractivity contribution in [1.82, 2.24) is 24.6 Å². The lowest BCUT2D eigenvalue weighted by Crippen LogP contribution is -2.41. The van der Waals surface area contributed by atoms with Gasteiger partial charge in [0.15, 0.2) is 17.7 Å². The molecule has 6 atom stereocenters. The van der Waals surface area contributed by atoms with Crippen LogP contribution >= 0.6 is 7.75 Å². The van der Waals surface area contributed by atoms with Crippen molar-refractivity contribution in [1.29, 1.82) is 0 Å². The Morgan fingerprint density at radius 2 is 2.00 bits per heavy atom. The third-order valence-electron chi connectivity index (χ3n) is 5.00. The van der Waals surface area contributed by atoms with Crippen LogP contribution in [0.2, 0.25) is 0 Å². The van der Waals surface area contributed by atoms with E-state index in [-0.39, 0.29) is 36.6 Å². The number of carbonyl (C=O) groups is 2. The summed E-state index contributed by atoms with van der Waals surface area (Å²) in [6, 6.07) is -1.52. The molecule has 2 aromatic rings. The molecule has 0 radical (unpaired) electrons. The molecular formula is C17H27N8O9P. The molecule has 0 spiro atoms. The van der Waals surface area contributed by atoms with Crippen LogP contribution in [0.1, 0.15) is 19.1 Å². The highest BCUT2D eigenvalue weighted by Crippen LogP contribution is 2.45. The molecule has 2 aromatic heterocycles. The number of anilines is 1. The van der Waals surface area contributed by atoms with Gasteiger partial charge in [0.05, 0.1) is 32.0 Å². The highest BCUT2D eigenvalue weighted by molar-refractivity contribution is 7.52. The number of hydrogen-bond acceptors (Lipinski definition) is 14. The van der Waals surface area contributed by atoms with Crippen molar-refractivity contribution >= 4 is 36.6 Å². The summed E-state index contributed by atoms with van der Waals surface area (Å²) in [6.45, 7) is -0.561. The molecule has 0 aliphatic carbocycles. The third kappa shape index (κ3) is 6.28. The fourth-order valence-electron chi connectivity index (χ4n) is 3.19. The summed E-state index contributed by atoms with van der Waals surface area (Å²) >= 11 is 0. The first kappa shape index (κ1) is 26.8. The van der Waals surface area contributed by atoms with Gasteiger partial charge in [-0.05, 0) is 13.0 Å². The number of fused-ring (bicyclic) bond motifs is 1. The fraction of sp³-hybridized carbons (Fsp3) is 0.588. The standard InChI is InChI=1S/C17H27N8O9P/c18-2-1-3-32-35(31,24-16(30)8(19)4-10(26)27)33-5-9-12(28)13(29)17(34-9)25-7-23-11-14(20)21-6-22-15(11)25/h6-9,12-13,17,28-29H,1-5,18-19H2,(H,26,27)(H2,20,21,22)(H,24,30,31)/t8-,9+,12+,13+,17+,35?/m0/s1. The molecule has 1 unspecified atom stereocenters. The van der Waals surface area contributed by atoms with Crippen LogP contribution in [-0.2, 0) is 27.9 Å². The Hall–Kier alpha value is -2.76. The maximum absolute atomic E-state index is 13.1. The fourth-order valence-corrected chi connectivity index (χ4v) is 4.55. The van der Waals surface area contributed by atoms with E-state index in [0.29, 0.717) is 0 Å². The monoisotopic (exact) mass is 518 g/mol. The Labute approximate surface area is 198 Å². The summed E-state index contributed by atoms with van der Waals surface area (Å²) in [5, 5.41) is 31.8. The molecule has 1 saturated heterocycles. The number of ether oxygens (including phenoxy) is 1. The van der Waals surface area contributed by atoms with Gasteiger partial charge in [0, 0.05) is 0 Å². The molecule has 1 aliphatic heterocycles. The van der Waals surface area contributed by atoms with Gasteiger partial charge in [-0.15, -0.1) is 0 Å². The first-order chi connectivity index (χ1) is 16.6. The van der Waals surface area contributed by atoms with Crippen LogP contribution in [0.15, 0.2) is 12.7 Å². The SMILES string of the molecule is NCCCOP(=O)(NC(=O)[C@@H](N)CC(=O)O)OC[C@H]1O[C@@H](n2cnc3c(N)ncnc32)[C@H](O)[C@@H]1O. The van der Waals surface area contributed by atoms with Crippen LogP contribution in [0.5, 0.6) is 0 Å². The van der Waals surface area contributed by atoms with E-state index in [1.54, 1.807) is 0 Å². The van der Waals surface area contributed by atoms with E-state index in [9.17, 15) is 24.4 Å². The molecule has 3 heterocycles. The smallest absolute Gasteiger partial charge is 0.435 e. The number of aromatic nitrogens is 4. The first-order valence-corrected chi connectivity index (χ1v) is 11.9. The molecule has 194 valence electrons. The van der Waals surface area contributed by atoms with Crippen molar-refractivity contribution in [2.24, 2.45) is 11.5 Å². The molecule has 0 aromatic carbocycles. The van der Waals surface area contributed by atoms with Gasteiger partial charge in [-0.25, -0.2) is 19.5 Å². The first-order valence-electron chi connectivity index (χ1n) is 10.4. The second kappa shape index (κ2) is 11.3. The van der Waals surface area contributed by atoms with Crippen LogP contribution < -0.4 is 22.3 Å². The van der Waals surface area contributed by atoms with Crippen molar-refractivity contribution in [3.05, 3.63) is 12.7 Å². The van der Waals surface area contributed by atoms with Crippen LogP contribution in [-0.4, -0.2) is 90.8 Å². The minimum atomic E-state index is -4.38. The lowest BCUT2D eigenvalue weighted by atomic mass is 10.1. The number of amides is 1. The van der Waals surface area contributed by atoms with Gasteiger partial charge in [0.2, 0.25) is 5.91 Å². The van der Waals surface area contributed by atoms with E-state index in [2.05, 4.69) is 15.0 Å². The molecule has 0 saturated carbocycles. The normalized spacial score (nSPS) is 24.8. The van der Waals surface area contributed by atoms with E-state index in [0.717, 1.165) is 0 Å². The molecule has 0 bridgehead atoms. The number of nitrogen functional groups attached to an aromatic ring is 1. The van der Waals surface area contributed by atoms with Crippen LogP contribution in [0.3, 0.4) is 0 Å². The summed E-state index contributed by atoms with van der Waals surface area (Å²) in [5.74, 6) is -2.32. The Balaban J connectivity index is 1.71. The molecule has 1 fully saturated rings. The molecule has 17 nitrogen and oxygen atoms in total. The van der Waals surface area contributed by atoms with Gasteiger partial charge in [0.25, 0.3) is 0 Å². The number of nitrogens with zero attached hydrogens (tertiary/aromatic N) is 4. The van der Waals surface area contributed by atoms with Crippen molar-refractivity contribution in [2.75, 3.05) is 25.5 Å². The number of hydrogen-bond donors (Lipinski definition) is 7. The van der Waals surface area contributed by atoms with E-state index < -0.39 is 63.2 Å². The summed E-state index contributed by atoms with van der Waals surface area (Å²) in [4.78, 5) is 34.9. The molecule has 1 aliphatic rings. The number of aliphatic hydroxyl groups is 2. The number of nitrogens with one attached hydrogen (secondary N) is 1. The topological polar surface area (TPSA) is 273 Å². The maximum Gasteiger partial charge on any atom is 0.435 e. The molecular weight excluding hydrogens is 491 g/mol. The quantitative estimate of drug-likeness (QED) is 0.112. The third-order valence-corrected chi connectivity index (χ3v) is 6.50. The molecule has 35 heavy (non-hydrogen) atoms. The van der Waals surface area contributed by atoms with Gasteiger partial charge in [-0.3, -0.25) is 28.3 Å². The minimum Gasteiger partial charge on any atom is -0.481 e. The summed E-state index contributed by atoms with van der Waals surface area (Å²) < 4.78 is 30.5. The van der Waals surface area contributed by atoms with Crippen LogP contribution in [0, 0.1) is 0 Å². The number of imidazole rings is 1. The van der Waals surface area contributed by atoms with E-state index in [4.69, 9.17) is 36.1 Å². The Morgan fingerprint density at radius 1 is 1.26 bits per heavy atom. The predicted octanol–water partition coefficient (Wildman–Crippen LogP) is -2.56. The zero-order chi connectivity index (χ0) is 25.8. The Kier molecular flexibility index (Phi) is 8.68. The predicted molar refractivity (Wildman–Crippen MR) is 117 cm³/mol. The summed E-state index contributed by atoms with van der Waals surface area (Å²) in [5.41, 5.74) is 17.2. The van der Waals surface area contributed by atoms with E-state index >= 15 is 0 Å². The van der Waals surface area contributed by atoms with Crippen LogP contribution in [0.4, 0.5) is 5.82 Å². The van der Waals surface area contributed by atoms with E-state index in [1.165, 1.54) is 17.2 Å². The molecule has 1 amide bonds. The lowest BCUT2D eigenvalue weighted by Gasteiger charge is -2.23. The second-order valence-corrected chi connectivity index (χ2v) is 9.31. The Morgan fingerprint density at radius 3 is 2.69 bits per heavy atom. The van der Waals surface area contributed by atoms with Gasteiger partial charge >= 0.3 is 13.7 Å². The zero-order valence-corrected chi connectivity index (χ0v) is 19.2. The summed E-state index contributed by atoms with van der Waals surface area (Å²) in [7, 11) is -4.38. The number of nitrogens with two attached hydrogens (primary N) is 3. The number of carbonyl (C=O) groups excluding carboxylic acids is 1. The van der Waals surface area contributed by atoms with E-state index in [1.807, 2.05) is 5.09 Å². The van der Waals surface area contributed by atoms with Crippen molar-refractivity contribution < 1.29 is 43.3 Å². The van der Waals surface area contributed by atoms with Crippen LogP contribution in [0.25, 0.3) is 11.2 Å². The number of rotatable bonds is 12. The zero-order valence-electron chi connectivity index (χ0n) is 18.3. The summed E-state index contributed by atoms with van der Waals surface area (Å²) in [6.07, 6.45) is -3.30. The van der Waals surface area contributed by atoms with Crippen molar-refractivity contribution in [3.63, 3.8) is 0 Å². The second-order valence-electron chi connectivity index (χ2n) is 7.58. The van der Waals surface area contributed by atoms with Gasteiger partial charge in [-0.1, -0.05) is 0 Å². The van der Waals surface area contributed by atoms with Gasteiger partial charge in [-0.2, -0.15) is 0 Å². The number of aliphatic carboxylic acids is 1. The van der Waals surface area contributed by atoms with Gasteiger partial charge < -0.3 is 37.3 Å². The molecule has 18 heteroatoms. The van der Waals surface area contributed by atoms with Crippen molar-refractivity contribution in [2.45, 2.75) is 43.4 Å². The Bertz CT molecular complexity index is 1100. The average Bonchev–Trinajstić information content (AvgIpc) is 3.34.